The van der Waals surface area contributed by atoms with Gasteiger partial charge in [0.1, 0.15) is 5.75 Å². The number of sulfonamides is 1. The van der Waals surface area contributed by atoms with Crippen LogP contribution in [-0.4, -0.2) is 24.4 Å². The highest BCUT2D eigenvalue weighted by molar-refractivity contribution is 7.92. The minimum Gasteiger partial charge on any atom is -0.508 e. The number of aryl methyl sites for hydroxylation is 2. The van der Waals surface area contributed by atoms with Crippen LogP contribution in [0.5, 0.6) is 5.75 Å². The van der Waals surface area contributed by atoms with E-state index in [1.54, 1.807) is 26.0 Å². The van der Waals surface area contributed by atoms with Gasteiger partial charge in [-0.1, -0.05) is 30.4 Å². The maximum Gasteiger partial charge on any atom is 0.262 e. The Hall–Kier alpha value is -2.91. The number of phenols is 1. The molecule has 0 fully saturated rings. The molecule has 0 unspecified atom stereocenters. The first-order valence-corrected chi connectivity index (χ1v) is 11.2. The molecular weight excluding hydrogens is 410 g/mol. The van der Waals surface area contributed by atoms with E-state index in [9.17, 15) is 18.3 Å². The zero-order valence-electron chi connectivity index (χ0n) is 16.2. The minimum atomic E-state index is -3.83. The van der Waals surface area contributed by atoms with Crippen molar-refractivity contribution >= 4 is 38.1 Å². The van der Waals surface area contributed by atoms with Gasteiger partial charge in [0.15, 0.2) is 5.13 Å². The SMILES string of the molecule is CCC(=O)Nc1nc(C)c(-c2ccc(C)c(S(=O)(=O)Nc3ccc(O)cc3)c2)s1. The maximum atomic E-state index is 12.9. The zero-order valence-corrected chi connectivity index (χ0v) is 17.8. The van der Waals surface area contributed by atoms with Gasteiger partial charge in [-0.2, -0.15) is 0 Å². The number of thiazole rings is 1. The number of nitrogens with zero attached hydrogens (tertiary/aromatic N) is 1. The number of hydrogen-bond acceptors (Lipinski definition) is 6. The average Bonchev–Trinajstić information content (AvgIpc) is 3.03. The Morgan fingerprint density at radius 3 is 2.48 bits per heavy atom. The summed E-state index contributed by atoms with van der Waals surface area (Å²) in [7, 11) is -3.83. The first-order chi connectivity index (χ1) is 13.7. The van der Waals surface area contributed by atoms with E-state index >= 15 is 0 Å². The van der Waals surface area contributed by atoms with Crippen molar-refractivity contribution in [3.05, 3.63) is 53.7 Å². The number of amides is 1. The van der Waals surface area contributed by atoms with Crippen LogP contribution in [0, 0.1) is 13.8 Å². The summed E-state index contributed by atoms with van der Waals surface area (Å²) >= 11 is 1.30. The number of aromatic hydroxyl groups is 1. The lowest BCUT2D eigenvalue weighted by Crippen LogP contribution is -2.14. The number of carbonyl (C=O) groups is 1. The fourth-order valence-corrected chi connectivity index (χ4v) is 5.01. The molecule has 0 aliphatic carbocycles. The molecule has 0 aliphatic heterocycles. The highest BCUT2D eigenvalue weighted by atomic mass is 32.2. The Morgan fingerprint density at radius 2 is 1.83 bits per heavy atom. The first-order valence-electron chi connectivity index (χ1n) is 8.89. The maximum absolute atomic E-state index is 12.9. The summed E-state index contributed by atoms with van der Waals surface area (Å²) < 4.78 is 28.4. The Kier molecular flexibility index (Phi) is 5.90. The Balaban J connectivity index is 1.96. The summed E-state index contributed by atoms with van der Waals surface area (Å²) in [6.45, 7) is 5.30. The Morgan fingerprint density at radius 1 is 1.14 bits per heavy atom. The Labute approximate surface area is 173 Å². The van der Waals surface area contributed by atoms with Crippen LogP contribution in [0.3, 0.4) is 0 Å². The van der Waals surface area contributed by atoms with Gasteiger partial charge in [-0.05, 0) is 55.3 Å². The smallest absolute Gasteiger partial charge is 0.262 e. The van der Waals surface area contributed by atoms with E-state index in [1.807, 2.05) is 13.0 Å². The molecule has 3 aromatic rings. The standard InChI is InChI=1S/C20H21N3O4S2/c1-4-18(25)22-20-21-13(3)19(28-20)14-6-5-12(2)17(11-14)29(26,27)23-15-7-9-16(24)10-8-15/h5-11,23-24H,4H2,1-3H3,(H,21,22,25). The number of rotatable bonds is 6. The van der Waals surface area contributed by atoms with Crippen LogP contribution in [0.1, 0.15) is 24.6 Å². The lowest BCUT2D eigenvalue weighted by Gasteiger charge is -2.12. The van der Waals surface area contributed by atoms with Gasteiger partial charge in [0, 0.05) is 12.1 Å². The van der Waals surface area contributed by atoms with E-state index in [-0.39, 0.29) is 16.6 Å². The van der Waals surface area contributed by atoms with Gasteiger partial charge in [0.2, 0.25) is 5.91 Å². The van der Waals surface area contributed by atoms with E-state index in [0.717, 1.165) is 4.88 Å². The number of phenolic OH excluding ortho intramolecular Hbond substituents is 1. The molecule has 3 rings (SSSR count). The van der Waals surface area contributed by atoms with Crippen LogP contribution in [0.4, 0.5) is 10.8 Å². The predicted octanol–water partition coefficient (Wildman–Crippen LogP) is 4.28. The lowest BCUT2D eigenvalue weighted by atomic mass is 10.1. The molecule has 0 atom stereocenters. The molecule has 0 saturated heterocycles. The lowest BCUT2D eigenvalue weighted by molar-refractivity contribution is -0.115. The van der Waals surface area contributed by atoms with Crippen molar-refractivity contribution in [3.63, 3.8) is 0 Å². The summed E-state index contributed by atoms with van der Waals surface area (Å²) in [5, 5.41) is 12.6. The van der Waals surface area contributed by atoms with E-state index < -0.39 is 10.0 Å². The zero-order chi connectivity index (χ0) is 21.2. The number of hydrogen-bond donors (Lipinski definition) is 3. The highest BCUT2D eigenvalue weighted by Gasteiger charge is 2.20. The van der Waals surface area contributed by atoms with Crippen LogP contribution in [0.2, 0.25) is 0 Å². The average molecular weight is 432 g/mol. The molecule has 0 saturated carbocycles. The van der Waals surface area contributed by atoms with Crippen molar-refractivity contribution in [1.82, 2.24) is 4.98 Å². The fourth-order valence-electron chi connectivity index (χ4n) is 2.70. The van der Waals surface area contributed by atoms with E-state index in [1.165, 1.54) is 35.6 Å². The van der Waals surface area contributed by atoms with Gasteiger partial charge in [-0.15, -0.1) is 0 Å². The number of anilines is 2. The molecule has 29 heavy (non-hydrogen) atoms. The summed E-state index contributed by atoms with van der Waals surface area (Å²) in [5.41, 5.74) is 2.36. The largest absolute Gasteiger partial charge is 0.508 e. The fraction of sp³-hybridized carbons (Fsp3) is 0.200. The molecule has 3 N–H and O–H groups in total. The van der Waals surface area contributed by atoms with E-state index in [2.05, 4.69) is 15.0 Å². The van der Waals surface area contributed by atoms with Gasteiger partial charge in [0.25, 0.3) is 10.0 Å². The first kappa shape index (κ1) is 20.8. The van der Waals surface area contributed by atoms with Crippen LogP contribution >= 0.6 is 11.3 Å². The topological polar surface area (TPSA) is 108 Å². The van der Waals surface area contributed by atoms with Crippen molar-refractivity contribution in [1.29, 1.82) is 0 Å². The third-order valence-corrected chi connectivity index (χ3v) is 6.87. The quantitative estimate of drug-likeness (QED) is 0.505. The van der Waals surface area contributed by atoms with Gasteiger partial charge in [0.05, 0.1) is 15.5 Å². The van der Waals surface area contributed by atoms with Crippen LogP contribution in [-0.2, 0) is 14.8 Å². The second-order valence-corrected chi connectivity index (χ2v) is 9.12. The summed E-state index contributed by atoms with van der Waals surface area (Å²) in [4.78, 5) is 16.9. The van der Waals surface area contributed by atoms with E-state index in [0.29, 0.717) is 34.1 Å². The predicted molar refractivity (Wildman–Crippen MR) is 115 cm³/mol. The van der Waals surface area contributed by atoms with Gasteiger partial charge in [-0.3, -0.25) is 9.52 Å². The van der Waals surface area contributed by atoms with Crippen molar-refractivity contribution in [2.75, 3.05) is 10.0 Å². The van der Waals surface area contributed by atoms with Crippen molar-refractivity contribution in [2.24, 2.45) is 0 Å². The molecule has 2 aromatic carbocycles. The molecular formula is C20H21N3O4S2. The minimum absolute atomic E-state index is 0.0535. The van der Waals surface area contributed by atoms with Gasteiger partial charge >= 0.3 is 0 Å². The highest BCUT2D eigenvalue weighted by Crippen LogP contribution is 2.35. The second kappa shape index (κ2) is 8.22. The van der Waals surface area contributed by atoms with Gasteiger partial charge in [-0.25, -0.2) is 13.4 Å². The van der Waals surface area contributed by atoms with E-state index in [4.69, 9.17) is 0 Å². The van der Waals surface area contributed by atoms with Crippen molar-refractivity contribution < 1.29 is 18.3 Å². The number of nitrogens with one attached hydrogen (secondary N) is 2. The molecule has 7 nitrogen and oxygen atoms in total. The molecule has 0 spiro atoms. The van der Waals surface area contributed by atoms with Gasteiger partial charge < -0.3 is 10.4 Å². The van der Waals surface area contributed by atoms with Crippen molar-refractivity contribution in [2.45, 2.75) is 32.1 Å². The molecule has 1 heterocycles. The molecule has 9 heteroatoms. The number of benzene rings is 2. The van der Waals surface area contributed by atoms with Crippen LogP contribution < -0.4 is 10.0 Å². The third kappa shape index (κ3) is 4.75. The van der Waals surface area contributed by atoms with Crippen molar-refractivity contribution in [3.8, 4) is 16.2 Å². The molecule has 1 amide bonds. The number of aromatic nitrogens is 1. The second-order valence-electron chi connectivity index (χ2n) is 6.47. The molecule has 0 bridgehead atoms. The molecule has 152 valence electrons. The summed E-state index contributed by atoms with van der Waals surface area (Å²) in [6, 6.07) is 11.0. The monoisotopic (exact) mass is 431 g/mol. The summed E-state index contributed by atoms with van der Waals surface area (Å²) in [6.07, 6.45) is 0.351. The Bertz CT molecular complexity index is 1150. The third-order valence-electron chi connectivity index (χ3n) is 4.22. The molecule has 1 aromatic heterocycles. The molecule has 0 radical (unpaired) electrons. The van der Waals surface area contributed by atoms with Crippen LogP contribution in [0.25, 0.3) is 10.4 Å². The normalized spacial score (nSPS) is 11.3. The number of carbonyl (C=O) groups excluding carboxylic acids is 1. The van der Waals surface area contributed by atoms with Crippen LogP contribution in [0.15, 0.2) is 47.4 Å². The summed E-state index contributed by atoms with van der Waals surface area (Å²) in [5.74, 6) is -0.0756. The molecule has 0 aliphatic rings.